The molecule has 2 aromatic carbocycles. The highest BCUT2D eigenvalue weighted by molar-refractivity contribution is 5.87. The predicted molar refractivity (Wildman–Crippen MR) is 96.9 cm³/mol. The number of carboxylic acid groups (broad SMARTS) is 1. The molecule has 0 saturated heterocycles. The van der Waals surface area contributed by atoms with E-state index in [1.54, 1.807) is 25.9 Å². The molecule has 0 unspecified atom stereocenters. The van der Waals surface area contributed by atoms with Gasteiger partial charge < -0.3 is 19.3 Å². The molecule has 6 nitrogen and oxygen atoms in total. The highest BCUT2D eigenvalue weighted by Crippen LogP contribution is 2.33. The van der Waals surface area contributed by atoms with Crippen LogP contribution in [0.2, 0.25) is 0 Å². The largest absolute Gasteiger partial charge is 0.497 e. The first kappa shape index (κ1) is 17.5. The van der Waals surface area contributed by atoms with Gasteiger partial charge in [0.05, 0.1) is 21.3 Å². The Kier molecular flexibility index (Phi) is 4.93. The van der Waals surface area contributed by atoms with E-state index in [1.807, 2.05) is 48.7 Å². The van der Waals surface area contributed by atoms with Gasteiger partial charge in [0.25, 0.3) is 0 Å². The molecule has 0 amide bonds. The highest BCUT2D eigenvalue weighted by atomic mass is 16.5. The SMILES string of the molecule is COc1ccc(-c2cc3cc(OC)c(OC)cc3c[n+]2CC(=O)O)cc1. The molecule has 0 bridgehead atoms. The summed E-state index contributed by atoms with van der Waals surface area (Å²) in [5, 5.41) is 11.1. The Balaban J connectivity index is 2.22. The molecular formula is C20H20NO5+. The second-order valence-corrected chi connectivity index (χ2v) is 5.74. The standard InChI is InChI=1S/C20H19NO5/c1-24-16-6-4-13(5-7-16)17-8-14-9-18(25-2)19(26-3)10-15(14)11-21(17)12-20(22)23/h4-11H,12H2,1-3H3/p+1. The maximum absolute atomic E-state index is 11.3. The first-order valence-corrected chi connectivity index (χ1v) is 8.01. The highest BCUT2D eigenvalue weighted by Gasteiger charge is 2.19. The molecule has 0 aliphatic rings. The van der Waals surface area contributed by atoms with Crippen molar-refractivity contribution in [1.29, 1.82) is 0 Å². The van der Waals surface area contributed by atoms with Crippen LogP contribution in [0.25, 0.3) is 22.0 Å². The zero-order valence-electron chi connectivity index (χ0n) is 14.9. The Hall–Kier alpha value is -3.28. The van der Waals surface area contributed by atoms with Crippen molar-refractivity contribution >= 4 is 16.7 Å². The number of pyridine rings is 1. The summed E-state index contributed by atoms with van der Waals surface area (Å²) in [6.45, 7) is -0.147. The van der Waals surface area contributed by atoms with Gasteiger partial charge in [-0.15, -0.1) is 0 Å². The summed E-state index contributed by atoms with van der Waals surface area (Å²) in [4.78, 5) is 11.3. The van der Waals surface area contributed by atoms with Gasteiger partial charge in [0.1, 0.15) is 5.75 Å². The third kappa shape index (κ3) is 3.39. The number of hydrogen-bond donors (Lipinski definition) is 1. The van der Waals surface area contributed by atoms with E-state index < -0.39 is 5.97 Å². The van der Waals surface area contributed by atoms with E-state index in [4.69, 9.17) is 14.2 Å². The summed E-state index contributed by atoms with van der Waals surface area (Å²) in [7, 11) is 4.76. The fourth-order valence-electron chi connectivity index (χ4n) is 2.90. The minimum atomic E-state index is -0.912. The number of methoxy groups -OCH3 is 3. The van der Waals surface area contributed by atoms with E-state index in [9.17, 15) is 9.90 Å². The molecule has 1 N–H and O–H groups in total. The van der Waals surface area contributed by atoms with Gasteiger partial charge in [-0.25, -0.2) is 4.79 Å². The van der Waals surface area contributed by atoms with Gasteiger partial charge in [0.15, 0.2) is 17.7 Å². The summed E-state index contributed by atoms with van der Waals surface area (Å²) in [5.74, 6) is 1.05. The Morgan fingerprint density at radius 1 is 0.923 bits per heavy atom. The lowest BCUT2D eigenvalue weighted by Crippen LogP contribution is -2.39. The van der Waals surface area contributed by atoms with Gasteiger partial charge >= 0.3 is 5.97 Å². The van der Waals surface area contributed by atoms with E-state index in [2.05, 4.69) is 0 Å². The molecule has 0 fully saturated rings. The van der Waals surface area contributed by atoms with Crippen molar-refractivity contribution in [3.8, 4) is 28.5 Å². The maximum atomic E-state index is 11.3. The van der Waals surface area contributed by atoms with Crippen LogP contribution in [-0.4, -0.2) is 32.4 Å². The molecule has 0 radical (unpaired) electrons. The third-order valence-corrected chi connectivity index (χ3v) is 4.18. The first-order chi connectivity index (χ1) is 12.5. The molecule has 0 saturated carbocycles. The van der Waals surface area contributed by atoms with E-state index in [0.717, 1.165) is 27.8 Å². The fraction of sp³-hybridized carbons (Fsp3) is 0.200. The number of aromatic nitrogens is 1. The molecule has 1 aromatic heterocycles. The van der Waals surface area contributed by atoms with Crippen molar-refractivity contribution in [1.82, 2.24) is 0 Å². The number of nitrogens with zero attached hydrogens (tertiary/aromatic N) is 1. The Labute approximate surface area is 151 Å². The van der Waals surface area contributed by atoms with Crippen LogP contribution in [0.3, 0.4) is 0 Å². The van der Waals surface area contributed by atoms with Gasteiger partial charge in [-0.05, 0) is 41.8 Å². The number of benzene rings is 2. The van der Waals surface area contributed by atoms with Crippen LogP contribution in [0.5, 0.6) is 17.2 Å². The molecular weight excluding hydrogens is 334 g/mol. The predicted octanol–water partition coefficient (Wildman–Crippen LogP) is 2.90. The molecule has 0 atom stereocenters. The van der Waals surface area contributed by atoms with Crippen LogP contribution < -0.4 is 18.8 Å². The van der Waals surface area contributed by atoms with E-state index in [-0.39, 0.29) is 6.54 Å². The second kappa shape index (κ2) is 7.31. The first-order valence-electron chi connectivity index (χ1n) is 8.01. The van der Waals surface area contributed by atoms with Gasteiger partial charge in [-0.1, -0.05) is 0 Å². The van der Waals surface area contributed by atoms with Crippen LogP contribution in [0.15, 0.2) is 48.7 Å². The molecule has 3 aromatic rings. The topological polar surface area (TPSA) is 68.9 Å². The Morgan fingerprint density at radius 3 is 2.08 bits per heavy atom. The van der Waals surface area contributed by atoms with Crippen molar-refractivity contribution in [2.75, 3.05) is 21.3 Å². The number of rotatable bonds is 6. The number of fused-ring (bicyclic) bond motifs is 1. The summed E-state index contributed by atoms with van der Waals surface area (Å²) >= 11 is 0. The minimum absolute atomic E-state index is 0.147. The third-order valence-electron chi connectivity index (χ3n) is 4.18. The van der Waals surface area contributed by atoms with Crippen molar-refractivity contribution < 1.29 is 28.7 Å². The molecule has 0 spiro atoms. The second-order valence-electron chi connectivity index (χ2n) is 5.74. The van der Waals surface area contributed by atoms with Crippen molar-refractivity contribution in [3.63, 3.8) is 0 Å². The number of ether oxygens (including phenoxy) is 3. The lowest BCUT2D eigenvalue weighted by atomic mass is 10.1. The van der Waals surface area contributed by atoms with Crippen LogP contribution >= 0.6 is 0 Å². The molecule has 6 heteroatoms. The normalized spacial score (nSPS) is 10.6. The van der Waals surface area contributed by atoms with Crippen molar-refractivity contribution in [2.45, 2.75) is 6.54 Å². The monoisotopic (exact) mass is 354 g/mol. The summed E-state index contributed by atoms with van der Waals surface area (Å²) < 4.78 is 17.6. The Bertz CT molecular complexity index is 951. The van der Waals surface area contributed by atoms with E-state index in [0.29, 0.717) is 11.5 Å². The number of aliphatic carboxylic acids is 1. The zero-order chi connectivity index (χ0) is 18.7. The molecule has 0 aliphatic heterocycles. The van der Waals surface area contributed by atoms with E-state index >= 15 is 0 Å². The molecule has 3 rings (SSSR count). The van der Waals surface area contributed by atoms with Gasteiger partial charge in [0, 0.05) is 17.0 Å². The smallest absolute Gasteiger partial charge is 0.370 e. The number of carbonyl (C=O) groups is 1. The van der Waals surface area contributed by atoms with Gasteiger partial charge in [-0.2, -0.15) is 4.57 Å². The fourth-order valence-corrected chi connectivity index (χ4v) is 2.90. The van der Waals surface area contributed by atoms with Crippen LogP contribution in [-0.2, 0) is 11.3 Å². The van der Waals surface area contributed by atoms with Crippen LogP contribution in [0.1, 0.15) is 0 Å². The average molecular weight is 354 g/mol. The zero-order valence-corrected chi connectivity index (χ0v) is 14.9. The van der Waals surface area contributed by atoms with E-state index in [1.165, 1.54) is 0 Å². The number of carboxylic acids is 1. The number of hydrogen-bond acceptors (Lipinski definition) is 4. The summed E-state index contributed by atoms with van der Waals surface area (Å²) in [6, 6.07) is 13.2. The average Bonchev–Trinajstić information content (AvgIpc) is 2.66. The molecule has 134 valence electrons. The lowest BCUT2D eigenvalue weighted by molar-refractivity contribution is -0.673. The molecule has 0 aliphatic carbocycles. The maximum Gasteiger partial charge on any atom is 0.370 e. The quantitative estimate of drug-likeness (QED) is 0.690. The lowest BCUT2D eigenvalue weighted by Gasteiger charge is -2.10. The minimum Gasteiger partial charge on any atom is -0.497 e. The summed E-state index contributed by atoms with van der Waals surface area (Å²) in [6.07, 6.45) is 1.81. The van der Waals surface area contributed by atoms with Crippen molar-refractivity contribution in [2.24, 2.45) is 0 Å². The summed E-state index contributed by atoms with van der Waals surface area (Å²) in [5.41, 5.74) is 1.68. The van der Waals surface area contributed by atoms with Crippen molar-refractivity contribution in [3.05, 3.63) is 48.7 Å². The molecule has 1 heterocycles. The van der Waals surface area contributed by atoms with Crippen LogP contribution in [0, 0.1) is 0 Å². The van der Waals surface area contributed by atoms with Gasteiger partial charge in [-0.3, -0.25) is 0 Å². The van der Waals surface area contributed by atoms with Gasteiger partial charge in [0.2, 0.25) is 12.2 Å². The Morgan fingerprint density at radius 2 is 1.54 bits per heavy atom. The van der Waals surface area contributed by atoms with Crippen LogP contribution in [0.4, 0.5) is 0 Å². The molecule has 26 heavy (non-hydrogen) atoms.